The maximum Gasteiger partial charge on any atom is 0.239 e. The van der Waals surface area contributed by atoms with E-state index in [2.05, 4.69) is 0 Å². The Morgan fingerprint density at radius 2 is 1.88 bits per heavy atom. The van der Waals surface area contributed by atoms with Gasteiger partial charge in [-0.15, -0.1) is 0 Å². The Labute approximate surface area is 155 Å². The number of nitrogens with two attached hydrogens (primary N) is 1. The van der Waals surface area contributed by atoms with Crippen molar-refractivity contribution in [2.24, 2.45) is 11.7 Å². The predicted molar refractivity (Wildman–Crippen MR) is 99.5 cm³/mol. The molecule has 3 rings (SSSR count). The number of nitrogens with zero attached hydrogens (tertiary/aromatic N) is 2. The van der Waals surface area contributed by atoms with Crippen molar-refractivity contribution < 1.29 is 14.7 Å². The van der Waals surface area contributed by atoms with Gasteiger partial charge in [-0.2, -0.15) is 0 Å². The standard InChI is InChI=1S/C20H29N3O3/c21-18(14-16-3-5-17(24)6-4-16)20(26)23-12-8-15(9-13-23)7-11-22-10-1-2-19(22)25/h3-6,15,18,24H,1-2,7-14,21H2/t18-/m0/s1. The van der Waals surface area contributed by atoms with Crippen molar-refractivity contribution in [3.63, 3.8) is 0 Å². The Balaban J connectivity index is 1.41. The fraction of sp³-hybridized carbons (Fsp3) is 0.600. The molecule has 6 nitrogen and oxygen atoms in total. The fourth-order valence-corrected chi connectivity index (χ4v) is 3.93. The molecule has 0 spiro atoms. The van der Waals surface area contributed by atoms with Crippen LogP contribution in [0.5, 0.6) is 5.75 Å². The number of likely N-dealkylation sites (tertiary alicyclic amines) is 2. The van der Waals surface area contributed by atoms with Gasteiger partial charge in [0, 0.05) is 32.6 Å². The predicted octanol–water partition coefficient (Wildman–Crippen LogP) is 1.51. The third-order valence-electron chi connectivity index (χ3n) is 5.61. The van der Waals surface area contributed by atoms with Gasteiger partial charge in [0.25, 0.3) is 0 Å². The van der Waals surface area contributed by atoms with Crippen molar-refractivity contribution in [3.8, 4) is 5.75 Å². The van der Waals surface area contributed by atoms with E-state index in [-0.39, 0.29) is 17.6 Å². The molecule has 26 heavy (non-hydrogen) atoms. The molecule has 2 aliphatic rings. The maximum atomic E-state index is 12.6. The minimum absolute atomic E-state index is 0.00578. The molecule has 6 heteroatoms. The number of amides is 2. The van der Waals surface area contributed by atoms with Crippen molar-refractivity contribution in [3.05, 3.63) is 29.8 Å². The number of aromatic hydroxyl groups is 1. The first-order chi connectivity index (χ1) is 12.5. The van der Waals surface area contributed by atoms with E-state index in [4.69, 9.17) is 5.73 Å². The van der Waals surface area contributed by atoms with E-state index in [0.29, 0.717) is 18.8 Å². The van der Waals surface area contributed by atoms with Crippen LogP contribution in [-0.4, -0.2) is 58.9 Å². The van der Waals surface area contributed by atoms with Crippen LogP contribution in [-0.2, 0) is 16.0 Å². The second kappa shape index (κ2) is 8.54. The lowest BCUT2D eigenvalue weighted by Crippen LogP contribution is -2.48. The molecule has 2 aliphatic heterocycles. The SMILES string of the molecule is N[C@@H](Cc1ccc(O)cc1)C(=O)N1CCC(CCN2CCCC2=O)CC1. The second-order valence-corrected chi connectivity index (χ2v) is 7.52. The van der Waals surface area contributed by atoms with Crippen molar-refractivity contribution in [2.45, 2.75) is 44.6 Å². The maximum absolute atomic E-state index is 12.6. The van der Waals surface area contributed by atoms with Gasteiger partial charge in [-0.1, -0.05) is 12.1 Å². The number of piperidine rings is 1. The summed E-state index contributed by atoms with van der Waals surface area (Å²) in [5.41, 5.74) is 7.06. The zero-order chi connectivity index (χ0) is 18.5. The van der Waals surface area contributed by atoms with Gasteiger partial charge in [0.2, 0.25) is 11.8 Å². The molecule has 142 valence electrons. The van der Waals surface area contributed by atoms with Crippen LogP contribution in [0.15, 0.2) is 24.3 Å². The quantitative estimate of drug-likeness (QED) is 0.806. The summed E-state index contributed by atoms with van der Waals surface area (Å²) in [6, 6.07) is 6.29. The Morgan fingerprint density at radius 1 is 1.19 bits per heavy atom. The van der Waals surface area contributed by atoms with Gasteiger partial charge < -0.3 is 20.6 Å². The molecule has 0 aromatic heterocycles. The van der Waals surface area contributed by atoms with Crippen LogP contribution in [0.4, 0.5) is 0 Å². The molecule has 1 atom stereocenters. The summed E-state index contributed by atoms with van der Waals surface area (Å²) in [5.74, 6) is 1.09. The number of carbonyl (C=O) groups is 2. The molecular weight excluding hydrogens is 330 g/mol. The minimum Gasteiger partial charge on any atom is -0.508 e. The second-order valence-electron chi connectivity index (χ2n) is 7.52. The Bertz CT molecular complexity index is 624. The number of phenolic OH excluding ortho intramolecular Hbond substituents is 1. The Kier molecular flexibility index (Phi) is 6.14. The summed E-state index contributed by atoms with van der Waals surface area (Å²) >= 11 is 0. The number of benzene rings is 1. The van der Waals surface area contributed by atoms with E-state index in [1.54, 1.807) is 24.3 Å². The van der Waals surface area contributed by atoms with Gasteiger partial charge in [0.15, 0.2) is 0 Å². The summed E-state index contributed by atoms with van der Waals surface area (Å²) in [7, 11) is 0. The van der Waals surface area contributed by atoms with Crippen LogP contribution in [0.3, 0.4) is 0 Å². The van der Waals surface area contributed by atoms with Gasteiger partial charge in [-0.05, 0) is 55.7 Å². The lowest BCUT2D eigenvalue weighted by molar-refractivity contribution is -0.134. The molecule has 0 bridgehead atoms. The molecule has 0 aliphatic carbocycles. The summed E-state index contributed by atoms with van der Waals surface area (Å²) < 4.78 is 0. The van der Waals surface area contributed by atoms with Gasteiger partial charge >= 0.3 is 0 Å². The van der Waals surface area contributed by atoms with Gasteiger partial charge in [0.05, 0.1) is 6.04 Å². The normalized spacial score (nSPS) is 19.8. The van der Waals surface area contributed by atoms with Crippen LogP contribution >= 0.6 is 0 Å². The monoisotopic (exact) mass is 359 g/mol. The number of phenols is 1. The lowest BCUT2D eigenvalue weighted by atomic mass is 9.92. The van der Waals surface area contributed by atoms with E-state index in [1.165, 1.54) is 0 Å². The molecule has 2 amide bonds. The molecule has 2 saturated heterocycles. The number of rotatable bonds is 6. The molecule has 1 aromatic carbocycles. The topological polar surface area (TPSA) is 86.9 Å². The zero-order valence-corrected chi connectivity index (χ0v) is 15.3. The lowest BCUT2D eigenvalue weighted by Gasteiger charge is -2.34. The highest BCUT2D eigenvalue weighted by atomic mass is 16.3. The Hall–Kier alpha value is -2.08. The van der Waals surface area contributed by atoms with Crippen LogP contribution in [0.2, 0.25) is 0 Å². The van der Waals surface area contributed by atoms with Gasteiger partial charge in [-0.25, -0.2) is 0 Å². The van der Waals surface area contributed by atoms with Crippen LogP contribution in [0.25, 0.3) is 0 Å². The third-order valence-corrected chi connectivity index (χ3v) is 5.61. The Morgan fingerprint density at radius 3 is 2.50 bits per heavy atom. The zero-order valence-electron chi connectivity index (χ0n) is 15.3. The van der Waals surface area contributed by atoms with Crippen molar-refractivity contribution >= 4 is 11.8 Å². The summed E-state index contributed by atoms with van der Waals surface area (Å²) in [4.78, 5) is 28.1. The van der Waals surface area contributed by atoms with E-state index in [1.807, 2.05) is 9.80 Å². The smallest absolute Gasteiger partial charge is 0.239 e. The molecular formula is C20H29N3O3. The minimum atomic E-state index is -0.543. The molecule has 0 radical (unpaired) electrons. The average Bonchev–Trinajstić information content (AvgIpc) is 3.06. The molecule has 0 saturated carbocycles. The van der Waals surface area contributed by atoms with E-state index in [0.717, 1.165) is 57.4 Å². The van der Waals surface area contributed by atoms with E-state index >= 15 is 0 Å². The first-order valence-corrected chi connectivity index (χ1v) is 9.63. The highest BCUT2D eigenvalue weighted by Crippen LogP contribution is 2.23. The number of hydrogen-bond acceptors (Lipinski definition) is 4. The first kappa shape index (κ1) is 18.7. The highest BCUT2D eigenvalue weighted by Gasteiger charge is 2.27. The fourth-order valence-electron chi connectivity index (χ4n) is 3.93. The van der Waals surface area contributed by atoms with E-state index in [9.17, 15) is 14.7 Å². The summed E-state index contributed by atoms with van der Waals surface area (Å²) in [6.07, 6.45) is 5.18. The van der Waals surface area contributed by atoms with E-state index < -0.39 is 6.04 Å². The highest BCUT2D eigenvalue weighted by molar-refractivity contribution is 5.82. The largest absolute Gasteiger partial charge is 0.508 e. The van der Waals surface area contributed by atoms with Gasteiger partial charge in [0.1, 0.15) is 5.75 Å². The van der Waals surface area contributed by atoms with Crippen molar-refractivity contribution in [2.75, 3.05) is 26.2 Å². The number of hydrogen-bond donors (Lipinski definition) is 2. The molecule has 1 aromatic rings. The van der Waals surface area contributed by atoms with Crippen LogP contribution < -0.4 is 5.73 Å². The average molecular weight is 359 g/mol. The molecule has 2 fully saturated rings. The molecule has 0 unspecified atom stereocenters. The molecule has 2 heterocycles. The first-order valence-electron chi connectivity index (χ1n) is 9.63. The number of carbonyl (C=O) groups excluding carboxylic acids is 2. The summed E-state index contributed by atoms with van der Waals surface area (Å²) in [5, 5.41) is 9.33. The van der Waals surface area contributed by atoms with Crippen molar-refractivity contribution in [1.82, 2.24) is 9.80 Å². The molecule has 3 N–H and O–H groups in total. The van der Waals surface area contributed by atoms with Crippen molar-refractivity contribution in [1.29, 1.82) is 0 Å². The third kappa shape index (κ3) is 4.75. The van der Waals surface area contributed by atoms with Crippen LogP contribution in [0.1, 0.15) is 37.7 Å². The van der Waals surface area contributed by atoms with Gasteiger partial charge in [-0.3, -0.25) is 9.59 Å². The van der Waals surface area contributed by atoms with Crippen LogP contribution in [0, 0.1) is 5.92 Å². The summed E-state index contributed by atoms with van der Waals surface area (Å²) in [6.45, 7) is 3.27.